The minimum absolute atomic E-state index is 0.0507. The zero-order chi connectivity index (χ0) is 19.0. The molecule has 25 heavy (non-hydrogen) atoms. The van der Waals surface area contributed by atoms with Gasteiger partial charge in [-0.15, -0.1) is 0 Å². The summed E-state index contributed by atoms with van der Waals surface area (Å²) < 4.78 is 49.6. The molecule has 1 aromatic carbocycles. The summed E-state index contributed by atoms with van der Waals surface area (Å²) >= 11 is 0. The van der Waals surface area contributed by atoms with Crippen LogP contribution in [0.25, 0.3) is 0 Å². The monoisotopic (exact) mass is 360 g/mol. The standard InChI is InChI=1S/C18H23F3O4/c1-4-7-8-24-16(22)18(5-2,6-3)17(23)25-11-12-9-13(19)15(21)14(20)10-12/h9-10H,4-8,11H2,1-3H3. The van der Waals surface area contributed by atoms with E-state index in [4.69, 9.17) is 9.47 Å². The number of ether oxygens (including phenoxy) is 2. The summed E-state index contributed by atoms with van der Waals surface area (Å²) in [6.07, 6.45) is 1.85. The molecular weight excluding hydrogens is 337 g/mol. The Morgan fingerprint density at radius 3 is 1.96 bits per heavy atom. The molecular formula is C18H23F3O4. The second-order valence-corrected chi connectivity index (χ2v) is 5.73. The van der Waals surface area contributed by atoms with E-state index in [-0.39, 0.29) is 25.0 Å². The Labute approximate surface area is 145 Å². The number of carbonyl (C=O) groups is 2. The van der Waals surface area contributed by atoms with Crippen LogP contribution in [0.15, 0.2) is 12.1 Å². The van der Waals surface area contributed by atoms with Crippen LogP contribution in [0, 0.1) is 22.9 Å². The van der Waals surface area contributed by atoms with Gasteiger partial charge in [0.2, 0.25) is 0 Å². The van der Waals surface area contributed by atoms with E-state index in [0.717, 1.165) is 18.6 Å². The van der Waals surface area contributed by atoms with Gasteiger partial charge in [-0.1, -0.05) is 27.2 Å². The van der Waals surface area contributed by atoms with Crippen molar-refractivity contribution >= 4 is 11.9 Å². The normalized spacial score (nSPS) is 11.3. The van der Waals surface area contributed by atoms with Crippen LogP contribution in [0.4, 0.5) is 13.2 Å². The maximum Gasteiger partial charge on any atom is 0.323 e. The van der Waals surface area contributed by atoms with Gasteiger partial charge in [-0.25, -0.2) is 13.2 Å². The van der Waals surface area contributed by atoms with Gasteiger partial charge >= 0.3 is 11.9 Å². The van der Waals surface area contributed by atoms with Gasteiger partial charge < -0.3 is 9.47 Å². The van der Waals surface area contributed by atoms with E-state index in [1.165, 1.54) is 0 Å². The van der Waals surface area contributed by atoms with Crippen LogP contribution in [0.2, 0.25) is 0 Å². The molecule has 0 atom stereocenters. The lowest BCUT2D eigenvalue weighted by Gasteiger charge is -2.27. The van der Waals surface area contributed by atoms with E-state index in [1.54, 1.807) is 13.8 Å². The fraction of sp³-hybridized carbons (Fsp3) is 0.556. The maximum atomic E-state index is 13.2. The molecule has 0 radical (unpaired) electrons. The van der Waals surface area contributed by atoms with Crippen molar-refractivity contribution in [1.82, 2.24) is 0 Å². The first-order valence-corrected chi connectivity index (χ1v) is 8.30. The Bertz CT molecular complexity index is 589. The second kappa shape index (κ2) is 9.44. The van der Waals surface area contributed by atoms with Crippen molar-refractivity contribution in [2.24, 2.45) is 5.41 Å². The van der Waals surface area contributed by atoms with Crippen LogP contribution < -0.4 is 0 Å². The smallest absolute Gasteiger partial charge is 0.323 e. The maximum absolute atomic E-state index is 13.2. The lowest BCUT2D eigenvalue weighted by atomic mass is 9.82. The minimum atomic E-state index is -1.59. The molecule has 0 spiro atoms. The summed E-state index contributed by atoms with van der Waals surface area (Å²) in [7, 11) is 0. The van der Waals surface area contributed by atoms with Gasteiger partial charge in [-0.2, -0.15) is 0 Å². The van der Waals surface area contributed by atoms with Crippen LogP contribution in [-0.4, -0.2) is 18.5 Å². The van der Waals surface area contributed by atoms with Crippen LogP contribution in [0.5, 0.6) is 0 Å². The Hall–Kier alpha value is -2.05. The average molecular weight is 360 g/mol. The second-order valence-electron chi connectivity index (χ2n) is 5.73. The first kappa shape index (κ1) is 21.0. The lowest BCUT2D eigenvalue weighted by Crippen LogP contribution is -2.41. The van der Waals surface area contributed by atoms with Crippen molar-refractivity contribution in [2.75, 3.05) is 6.61 Å². The summed E-state index contributed by atoms with van der Waals surface area (Å²) in [6, 6.07) is 1.48. The molecule has 0 fully saturated rings. The van der Waals surface area contributed by atoms with Crippen molar-refractivity contribution in [2.45, 2.75) is 53.1 Å². The Balaban J connectivity index is 2.84. The number of rotatable bonds is 9. The summed E-state index contributed by atoms with van der Waals surface area (Å²) in [5.74, 6) is -5.84. The molecule has 0 aliphatic rings. The van der Waals surface area contributed by atoms with E-state index in [9.17, 15) is 22.8 Å². The molecule has 0 heterocycles. The number of halogens is 3. The largest absolute Gasteiger partial charge is 0.465 e. The SMILES string of the molecule is CCCCOC(=O)C(CC)(CC)C(=O)OCc1cc(F)c(F)c(F)c1. The summed E-state index contributed by atoms with van der Waals surface area (Å²) in [5.41, 5.74) is -1.52. The topological polar surface area (TPSA) is 52.6 Å². The minimum Gasteiger partial charge on any atom is -0.465 e. The lowest BCUT2D eigenvalue weighted by molar-refractivity contribution is -0.174. The predicted octanol–water partition coefficient (Wildman–Crippen LogP) is 4.30. The Morgan fingerprint density at radius 1 is 0.960 bits per heavy atom. The highest BCUT2D eigenvalue weighted by molar-refractivity contribution is 5.99. The number of carbonyl (C=O) groups excluding carboxylic acids is 2. The highest BCUT2D eigenvalue weighted by Gasteiger charge is 2.45. The van der Waals surface area contributed by atoms with E-state index < -0.39 is 41.4 Å². The van der Waals surface area contributed by atoms with Gasteiger partial charge in [0.15, 0.2) is 22.9 Å². The fourth-order valence-corrected chi connectivity index (χ4v) is 2.34. The van der Waals surface area contributed by atoms with Gasteiger partial charge in [0.25, 0.3) is 0 Å². The van der Waals surface area contributed by atoms with E-state index in [1.807, 2.05) is 6.92 Å². The zero-order valence-electron chi connectivity index (χ0n) is 14.7. The molecule has 0 amide bonds. The third-order valence-electron chi connectivity index (χ3n) is 4.13. The fourth-order valence-electron chi connectivity index (χ4n) is 2.34. The number of benzene rings is 1. The van der Waals surface area contributed by atoms with Crippen LogP contribution in [0.3, 0.4) is 0 Å². The van der Waals surface area contributed by atoms with Crippen molar-refractivity contribution < 1.29 is 32.2 Å². The van der Waals surface area contributed by atoms with Gasteiger partial charge in [0.05, 0.1) is 6.61 Å². The van der Waals surface area contributed by atoms with Crippen LogP contribution in [0.1, 0.15) is 52.0 Å². The predicted molar refractivity (Wildman–Crippen MR) is 85.0 cm³/mol. The molecule has 0 aliphatic carbocycles. The number of hydrogen-bond donors (Lipinski definition) is 0. The van der Waals surface area contributed by atoms with Crippen molar-refractivity contribution in [1.29, 1.82) is 0 Å². The summed E-state index contributed by atoms with van der Waals surface area (Å²) in [4.78, 5) is 24.7. The van der Waals surface area contributed by atoms with E-state index in [0.29, 0.717) is 6.42 Å². The third kappa shape index (κ3) is 4.96. The molecule has 0 unspecified atom stereocenters. The zero-order valence-corrected chi connectivity index (χ0v) is 14.7. The molecule has 0 saturated carbocycles. The Morgan fingerprint density at radius 2 is 1.48 bits per heavy atom. The van der Waals surface area contributed by atoms with Gasteiger partial charge in [0, 0.05) is 0 Å². The molecule has 1 aromatic rings. The highest BCUT2D eigenvalue weighted by Crippen LogP contribution is 2.30. The average Bonchev–Trinajstić information content (AvgIpc) is 2.59. The van der Waals surface area contributed by atoms with Crippen molar-refractivity contribution in [3.8, 4) is 0 Å². The van der Waals surface area contributed by atoms with Gasteiger partial charge in [-0.05, 0) is 37.0 Å². The Kier molecular flexibility index (Phi) is 7.93. The first-order chi connectivity index (χ1) is 11.8. The molecule has 0 aliphatic heterocycles. The highest BCUT2D eigenvalue weighted by atomic mass is 19.2. The van der Waals surface area contributed by atoms with Crippen molar-refractivity contribution in [3.05, 3.63) is 35.1 Å². The van der Waals surface area contributed by atoms with E-state index >= 15 is 0 Å². The number of unbranched alkanes of at least 4 members (excludes halogenated alkanes) is 1. The quantitative estimate of drug-likeness (QED) is 0.285. The van der Waals surface area contributed by atoms with Gasteiger partial charge in [-0.3, -0.25) is 9.59 Å². The number of esters is 2. The van der Waals surface area contributed by atoms with E-state index in [2.05, 4.69) is 0 Å². The van der Waals surface area contributed by atoms with Crippen molar-refractivity contribution in [3.63, 3.8) is 0 Å². The van der Waals surface area contributed by atoms with Crippen LogP contribution >= 0.6 is 0 Å². The molecule has 140 valence electrons. The van der Waals surface area contributed by atoms with Gasteiger partial charge in [0.1, 0.15) is 6.61 Å². The van der Waals surface area contributed by atoms with Crippen LogP contribution in [-0.2, 0) is 25.7 Å². The molecule has 7 heteroatoms. The molecule has 4 nitrogen and oxygen atoms in total. The summed E-state index contributed by atoms with van der Waals surface area (Å²) in [5, 5.41) is 0. The third-order valence-corrected chi connectivity index (χ3v) is 4.13. The molecule has 0 N–H and O–H groups in total. The molecule has 0 aromatic heterocycles. The molecule has 1 rings (SSSR count). The molecule has 0 saturated heterocycles. The number of hydrogen-bond acceptors (Lipinski definition) is 4. The summed E-state index contributed by atoms with van der Waals surface area (Å²) in [6.45, 7) is 4.98. The first-order valence-electron chi connectivity index (χ1n) is 8.30. The molecule has 0 bridgehead atoms.